The van der Waals surface area contributed by atoms with E-state index in [1.54, 1.807) is 0 Å². The van der Waals surface area contributed by atoms with Crippen molar-refractivity contribution in [2.75, 3.05) is 25.0 Å². The minimum atomic E-state index is 0.0726. The minimum Gasteiger partial charge on any atom is -0.492 e. The van der Waals surface area contributed by atoms with E-state index in [0.29, 0.717) is 19.2 Å². The molecule has 1 saturated carbocycles. The molecule has 2 aliphatic rings. The summed E-state index contributed by atoms with van der Waals surface area (Å²) in [5.74, 6) is 1.63. The van der Waals surface area contributed by atoms with Gasteiger partial charge >= 0.3 is 0 Å². The maximum atomic E-state index is 12.5. The van der Waals surface area contributed by atoms with Crippen LogP contribution in [0, 0.1) is 5.92 Å². The number of nitrogens with one attached hydrogen (secondary N) is 1. The third-order valence-electron chi connectivity index (χ3n) is 5.17. The zero-order valence-corrected chi connectivity index (χ0v) is 14.1. The molecule has 1 aliphatic heterocycles. The van der Waals surface area contributed by atoms with Crippen LogP contribution < -0.4 is 10.1 Å². The second kappa shape index (κ2) is 7.82. The quantitative estimate of drug-likeness (QED) is 0.901. The Morgan fingerprint density at radius 1 is 1.22 bits per heavy atom. The van der Waals surface area contributed by atoms with E-state index in [2.05, 4.69) is 10.2 Å². The Morgan fingerprint density at radius 3 is 2.87 bits per heavy atom. The number of anilines is 1. The van der Waals surface area contributed by atoms with Crippen LogP contribution in [0.5, 0.6) is 5.75 Å². The van der Waals surface area contributed by atoms with Gasteiger partial charge < -0.3 is 10.1 Å². The zero-order chi connectivity index (χ0) is 16.1. The number of hydrogen-bond acceptors (Lipinski definition) is 3. The second-order valence-electron chi connectivity index (χ2n) is 6.70. The molecule has 1 N–H and O–H groups in total. The van der Waals surface area contributed by atoms with E-state index in [4.69, 9.17) is 4.74 Å². The third kappa shape index (κ3) is 4.05. The molecule has 0 unspecified atom stereocenters. The summed E-state index contributed by atoms with van der Waals surface area (Å²) in [5.41, 5.74) is 0.775. The van der Waals surface area contributed by atoms with Gasteiger partial charge in [0.15, 0.2) is 0 Å². The molecule has 1 heterocycles. The number of hydrogen-bond donors (Lipinski definition) is 1. The van der Waals surface area contributed by atoms with Gasteiger partial charge in [0.1, 0.15) is 5.75 Å². The highest BCUT2D eigenvalue weighted by molar-refractivity contribution is 5.93. The molecule has 0 bridgehead atoms. The van der Waals surface area contributed by atoms with Crippen molar-refractivity contribution in [2.45, 2.75) is 51.5 Å². The zero-order valence-electron chi connectivity index (χ0n) is 14.1. The van der Waals surface area contributed by atoms with Crippen molar-refractivity contribution < 1.29 is 9.53 Å². The van der Waals surface area contributed by atoms with Crippen molar-refractivity contribution in [2.24, 2.45) is 5.92 Å². The van der Waals surface area contributed by atoms with Crippen LogP contribution in [-0.4, -0.2) is 36.5 Å². The molecule has 4 nitrogen and oxygen atoms in total. The average Bonchev–Trinajstić information content (AvgIpc) is 2.57. The summed E-state index contributed by atoms with van der Waals surface area (Å²) >= 11 is 0. The molecule has 2 atom stereocenters. The van der Waals surface area contributed by atoms with Gasteiger partial charge in [-0.15, -0.1) is 0 Å². The lowest BCUT2D eigenvalue weighted by molar-refractivity contribution is -0.118. The van der Waals surface area contributed by atoms with Gasteiger partial charge in [-0.25, -0.2) is 0 Å². The van der Waals surface area contributed by atoms with Gasteiger partial charge in [-0.3, -0.25) is 9.69 Å². The van der Waals surface area contributed by atoms with Gasteiger partial charge in [0, 0.05) is 6.04 Å². The lowest BCUT2D eigenvalue weighted by Crippen LogP contribution is -2.49. The highest BCUT2D eigenvalue weighted by atomic mass is 16.5. The van der Waals surface area contributed by atoms with E-state index < -0.39 is 0 Å². The van der Waals surface area contributed by atoms with Crippen LogP contribution in [-0.2, 0) is 4.79 Å². The van der Waals surface area contributed by atoms with Crippen LogP contribution in [0.15, 0.2) is 24.3 Å². The number of ether oxygens (including phenoxy) is 1. The van der Waals surface area contributed by atoms with Gasteiger partial charge in [0.25, 0.3) is 0 Å². The van der Waals surface area contributed by atoms with E-state index in [9.17, 15) is 4.79 Å². The van der Waals surface area contributed by atoms with Crippen molar-refractivity contribution in [3.63, 3.8) is 0 Å². The van der Waals surface area contributed by atoms with E-state index in [-0.39, 0.29) is 5.91 Å². The summed E-state index contributed by atoms with van der Waals surface area (Å²) in [5, 5.41) is 3.03. The fourth-order valence-electron chi connectivity index (χ4n) is 4.15. The number of amides is 1. The second-order valence-corrected chi connectivity index (χ2v) is 6.70. The van der Waals surface area contributed by atoms with Crippen LogP contribution in [0.2, 0.25) is 0 Å². The summed E-state index contributed by atoms with van der Waals surface area (Å²) in [7, 11) is 0. The number of carbonyl (C=O) groups is 1. The predicted octanol–water partition coefficient (Wildman–Crippen LogP) is 3.68. The van der Waals surface area contributed by atoms with Crippen molar-refractivity contribution in [3.05, 3.63) is 24.3 Å². The van der Waals surface area contributed by atoms with Crippen molar-refractivity contribution in [1.29, 1.82) is 0 Å². The molecule has 0 spiro atoms. The van der Waals surface area contributed by atoms with Gasteiger partial charge in [0.2, 0.25) is 5.91 Å². The Kier molecular flexibility index (Phi) is 5.55. The number of carbonyl (C=O) groups excluding carboxylic acids is 1. The first-order valence-corrected chi connectivity index (χ1v) is 9.03. The molecule has 1 aromatic rings. The number of nitrogens with zero attached hydrogens (tertiary/aromatic N) is 1. The molecule has 1 saturated heterocycles. The van der Waals surface area contributed by atoms with Crippen LogP contribution in [0.25, 0.3) is 0 Å². The maximum Gasteiger partial charge on any atom is 0.238 e. The lowest BCUT2D eigenvalue weighted by atomic mass is 9.78. The molecule has 2 fully saturated rings. The van der Waals surface area contributed by atoms with Gasteiger partial charge in [-0.2, -0.15) is 0 Å². The topological polar surface area (TPSA) is 41.6 Å². The number of para-hydroxylation sites is 2. The molecular formula is C19H28N2O2. The smallest absolute Gasteiger partial charge is 0.238 e. The Hall–Kier alpha value is -1.55. The molecule has 4 heteroatoms. The van der Waals surface area contributed by atoms with E-state index >= 15 is 0 Å². The summed E-state index contributed by atoms with van der Waals surface area (Å²) in [6, 6.07) is 8.28. The number of likely N-dealkylation sites (tertiary alicyclic amines) is 1. The monoisotopic (exact) mass is 316 g/mol. The first-order chi connectivity index (χ1) is 11.3. The highest BCUT2D eigenvalue weighted by Crippen LogP contribution is 2.35. The predicted molar refractivity (Wildman–Crippen MR) is 92.8 cm³/mol. The Balaban J connectivity index is 1.60. The summed E-state index contributed by atoms with van der Waals surface area (Å²) in [6.07, 6.45) is 7.85. The average molecular weight is 316 g/mol. The summed E-state index contributed by atoms with van der Waals surface area (Å²) in [6.45, 7) is 4.11. The van der Waals surface area contributed by atoms with Gasteiger partial charge in [-0.05, 0) is 57.2 Å². The fourth-order valence-corrected chi connectivity index (χ4v) is 4.15. The minimum absolute atomic E-state index is 0.0726. The first-order valence-electron chi connectivity index (χ1n) is 9.03. The number of piperidine rings is 1. The molecule has 1 aromatic carbocycles. The molecule has 3 rings (SSSR count). The van der Waals surface area contributed by atoms with E-state index in [1.807, 2.05) is 31.2 Å². The molecular weight excluding hydrogens is 288 g/mol. The molecule has 0 radical (unpaired) electrons. The standard InChI is InChI=1S/C19H28N2O2/c1-2-23-18-12-6-4-10-16(18)20-19(22)14-21-13-7-9-15-8-3-5-11-17(15)21/h4,6,10,12,15,17H,2-3,5,7-9,11,13-14H2,1H3,(H,20,22)/t15-,17-/m0/s1. The Labute approximate surface area is 139 Å². The van der Waals surface area contributed by atoms with E-state index in [1.165, 1.54) is 38.5 Å². The number of rotatable bonds is 5. The first kappa shape index (κ1) is 16.3. The van der Waals surface area contributed by atoms with Crippen LogP contribution in [0.1, 0.15) is 45.4 Å². The van der Waals surface area contributed by atoms with Crippen molar-refractivity contribution in [3.8, 4) is 5.75 Å². The molecule has 1 aliphatic carbocycles. The number of fused-ring (bicyclic) bond motifs is 1. The van der Waals surface area contributed by atoms with Crippen LogP contribution >= 0.6 is 0 Å². The summed E-state index contributed by atoms with van der Waals surface area (Å²) in [4.78, 5) is 14.9. The van der Waals surface area contributed by atoms with Crippen LogP contribution in [0.3, 0.4) is 0 Å². The fraction of sp³-hybridized carbons (Fsp3) is 0.632. The molecule has 0 aromatic heterocycles. The maximum absolute atomic E-state index is 12.5. The van der Waals surface area contributed by atoms with Gasteiger partial charge in [-0.1, -0.05) is 25.0 Å². The van der Waals surface area contributed by atoms with E-state index in [0.717, 1.165) is 23.9 Å². The highest BCUT2D eigenvalue weighted by Gasteiger charge is 2.33. The number of benzene rings is 1. The normalized spacial score (nSPS) is 24.7. The Bertz CT molecular complexity index is 530. The van der Waals surface area contributed by atoms with Crippen molar-refractivity contribution >= 4 is 11.6 Å². The summed E-state index contributed by atoms with van der Waals surface area (Å²) < 4.78 is 5.59. The molecule has 126 valence electrons. The van der Waals surface area contributed by atoms with Crippen molar-refractivity contribution in [1.82, 2.24) is 4.90 Å². The third-order valence-corrected chi connectivity index (χ3v) is 5.17. The molecule has 1 amide bonds. The Morgan fingerprint density at radius 2 is 2.00 bits per heavy atom. The molecule has 23 heavy (non-hydrogen) atoms. The van der Waals surface area contributed by atoms with Crippen LogP contribution in [0.4, 0.5) is 5.69 Å². The largest absolute Gasteiger partial charge is 0.492 e. The lowest BCUT2D eigenvalue weighted by Gasteiger charge is -2.43. The SMILES string of the molecule is CCOc1ccccc1NC(=O)CN1CCC[C@@H]2CCCC[C@@H]21. The van der Waals surface area contributed by atoms with Gasteiger partial charge in [0.05, 0.1) is 18.8 Å².